The lowest BCUT2D eigenvalue weighted by Gasteiger charge is -2.10. The molecule has 1 heterocycles. The van der Waals surface area contributed by atoms with Crippen molar-refractivity contribution in [1.82, 2.24) is 4.98 Å². The molecule has 0 unspecified atom stereocenters. The Morgan fingerprint density at radius 3 is 2.44 bits per heavy atom. The van der Waals surface area contributed by atoms with Gasteiger partial charge in [0.25, 0.3) is 6.43 Å². The minimum Gasteiger partial charge on any atom is -0.247 e. The van der Waals surface area contributed by atoms with Crippen LogP contribution in [0.15, 0.2) is 30.3 Å². The number of alkyl halides is 2. The Morgan fingerprint density at radius 1 is 1.06 bits per heavy atom. The molecule has 16 heavy (non-hydrogen) atoms. The molecule has 0 radical (unpaired) electrons. The van der Waals surface area contributed by atoms with Crippen molar-refractivity contribution in [2.75, 3.05) is 0 Å². The van der Waals surface area contributed by atoms with E-state index in [1.807, 2.05) is 12.1 Å². The Morgan fingerprint density at radius 2 is 1.81 bits per heavy atom. The molecule has 0 aliphatic carbocycles. The molecule has 1 aromatic heterocycles. The van der Waals surface area contributed by atoms with Gasteiger partial charge in [0.05, 0.1) is 5.52 Å². The fraction of sp³-hybridized carbons (Fsp3) is 0.308. The van der Waals surface area contributed by atoms with Gasteiger partial charge in [-0.1, -0.05) is 32.0 Å². The third kappa shape index (κ3) is 1.90. The normalized spacial score (nSPS) is 11.6. The number of aromatic nitrogens is 1. The summed E-state index contributed by atoms with van der Waals surface area (Å²) in [5.74, 6) is 0.364. The van der Waals surface area contributed by atoms with E-state index in [2.05, 4.69) is 18.8 Å². The lowest BCUT2D eigenvalue weighted by atomic mass is 9.98. The standard InChI is InChI=1S/C13H13F2N/c1-8(2)9-4-3-5-11-10(9)6-7-12(16-11)13(14)15/h3-8,13H,1-2H3. The van der Waals surface area contributed by atoms with Gasteiger partial charge in [-0.25, -0.2) is 13.8 Å². The summed E-state index contributed by atoms with van der Waals surface area (Å²) in [5, 5.41) is 0.960. The minimum atomic E-state index is -2.51. The summed E-state index contributed by atoms with van der Waals surface area (Å²) >= 11 is 0. The van der Waals surface area contributed by atoms with Crippen molar-refractivity contribution >= 4 is 10.9 Å². The highest BCUT2D eigenvalue weighted by Gasteiger charge is 2.11. The molecule has 2 rings (SSSR count). The van der Waals surface area contributed by atoms with Crippen molar-refractivity contribution in [3.8, 4) is 0 Å². The largest absolute Gasteiger partial charge is 0.280 e. The highest BCUT2D eigenvalue weighted by molar-refractivity contribution is 5.82. The van der Waals surface area contributed by atoms with E-state index >= 15 is 0 Å². The summed E-state index contributed by atoms with van der Waals surface area (Å²) in [6.07, 6.45) is -2.51. The molecule has 0 fully saturated rings. The van der Waals surface area contributed by atoms with E-state index in [1.54, 1.807) is 12.1 Å². The average molecular weight is 221 g/mol. The number of benzene rings is 1. The topological polar surface area (TPSA) is 12.9 Å². The molecule has 0 spiro atoms. The highest BCUT2D eigenvalue weighted by Crippen LogP contribution is 2.26. The third-order valence-electron chi connectivity index (χ3n) is 2.63. The fourth-order valence-corrected chi connectivity index (χ4v) is 1.82. The van der Waals surface area contributed by atoms with Crippen LogP contribution in [0.4, 0.5) is 8.78 Å². The van der Waals surface area contributed by atoms with Crippen molar-refractivity contribution in [3.63, 3.8) is 0 Å². The van der Waals surface area contributed by atoms with E-state index in [4.69, 9.17) is 0 Å². The van der Waals surface area contributed by atoms with Crippen LogP contribution in [0.5, 0.6) is 0 Å². The molecule has 0 saturated heterocycles. The van der Waals surface area contributed by atoms with Crippen molar-refractivity contribution in [1.29, 1.82) is 0 Å². The van der Waals surface area contributed by atoms with E-state index in [0.29, 0.717) is 11.4 Å². The average Bonchev–Trinajstić information content (AvgIpc) is 2.27. The molecule has 0 N–H and O–H groups in total. The molecule has 0 atom stereocenters. The fourth-order valence-electron chi connectivity index (χ4n) is 1.82. The maximum Gasteiger partial charge on any atom is 0.280 e. The van der Waals surface area contributed by atoms with E-state index in [1.165, 1.54) is 6.07 Å². The Balaban J connectivity index is 2.64. The first-order valence-electron chi connectivity index (χ1n) is 5.27. The van der Waals surface area contributed by atoms with Gasteiger partial charge in [-0.3, -0.25) is 0 Å². The third-order valence-corrected chi connectivity index (χ3v) is 2.63. The molecule has 0 amide bonds. The second-order valence-electron chi connectivity index (χ2n) is 4.11. The molecule has 0 saturated carbocycles. The number of halogens is 2. The zero-order valence-electron chi connectivity index (χ0n) is 9.24. The van der Waals surface area contributed by atoms with Crippen molar-refractivity contribution in [2.24, 2.45) is 0 Å². The number of hydrogen-bond acceptors (Lipinski definition) is 1. The Kier molecular flexibility index (Phi) is 2.86. The van der Waals surface area contributed by atoms with E-state index in [0.717, 1.165) is 10.9 Å². The van der Waals surface area contributed by atoms with E-state index in [-0.39, 0.29) is 5.69 Å². The molecule has 0 aliphatic rings. The summed E-state index contributed by atoms with van der Waals surface area (Å²) < 4.78 is 25.0. The van der Waals surface area contributed by atoms with Gasteiger partial charge in [0.2, 0.25) is 0 Å². The number of hydrogen-bond donors (Lipinski definition) is 0. The van der Waals surface area contributed by atoms with Crippen molar-refractivity contribution in [3.05, 3.63) is 41.6 Å². The van der Waals surface area contributed by atoms with Crippen molar-refractivity contribution in [2.45, 2.75) is 26.2 Å². The van der Waals surface area contributed by atoms with Gasteiger partial charge < -0.3 is 0 Å². The number of nitrogens with zero attached hydrogens (tertiary/aromatic N) is 1. The van der Waals surface area contributed by atoms with Crippen LogP contribution in [0, 0.1) is 0 Å². The highest BCUT2D eigenvalue weighted by atomic mass is 19.3. The second-order valence-corrected chi connectivity index (χ2v) is 4.11. The molecule has 84 valence electrons. The van der Waals surface area contributed by atoms with Crippen LogP contribution >= 0.6 is 0 Å². The Labute approximate surface area is 93.1 Å². The molecular formula is C13H13F2N. The summed E-state index contributed by atoms with van der Waals surface area (Å²) in [5.41, 5.74) is 1.63. The maximum absolute atomic E-state index is 12.5. The Hall–Kier alpha value is -1.51. The van der Waals surface area contributed by atoms with E-state index < -0.39 is 6.43 Å². The molecule has 1 aromatic carbocycles. The lowest BCUT2D eigenvalue weighted by Crippen LogP contribution is -1.94. The van der Waals surface area contributed by atoms with Crippen LogP contribution in [0.3, 0.4) is 0 Å². The minimum absolute atomic E-state index is 0.159. The summed E-state index contributed by atoms with van der Waals surface area (Å²) in [6, 6.07) is 8.78. The molecular weight excluding hydrogens is 208 g/mol. The smallest absolute Gasteiger partial charge is 0.247 e. The summed E-state index contributed by atoms with van der Waals surface area (Å²) in [7, 11) is 0. The van der Waals surface area contributed by atoms with Crippen LogP contribution in [0.2, 0.25) is 0 Å². The van der Waals surface area contributed by atoms with Gasteiger partial charge >= 0.3 is 0 Å². The SMILES string of the molecule is CC(C)c1cccc2nc(C(F)F)ccc12. The van der Waals surface area contributed by atoms with Gasteiger partial charge in [0.1, 0.15) is 5.69 Å². The molecule has 2 aromatic rings. The first kappa shape index (κ1) is 11.0. The monoisotopic (exact) mass is 221 g/mol. The molecule has 3 heteroatoms. The van der Waals surface area contributed by atoms with Crippen LogP contribution in [-0.4, -0.2) is 4.98 Å². The summed E-state index contributed by atoms with van der Waals surface area (Å²) in [4.78, 5) is 3.97. The molecule has 1 nitrogen and oxygen atoms in total. The van der Waals surface area contributed by atoms with Crippen LogP contribution < -0.4 is 0 Å². The van der Waals surface area contributed by atoms with Crippen LogP contribution in [0.25, 0.3) is 10.9 Å². The first-order valence-corrected chi connectivity index (χ1v) is 5.27. The molecule has 0 bridgehead atoms. The van der Waals surface area contributed by atoms with Crippen LogP contribution in [-0.2, 0) is 0 Å². The zero-order chi connectivity index (χ0) is 11.7. The molecule has 0 aliphatic heterocycles. The number of fused-ring (bicyclic) bond motifs is 1. The zero-order valence-corrected chi connectivity index (χ0v) is 9.24. The van der Waals surface area contributed by atoms with Crippen LogP contribution in [0.1, 0.15) is 37.4 Å². The van der Waals surface area contributed by atoms with Gasteiger partial charge in [0.15, 0.2) is 0 Å². The van der Waals surface area contributed by atoms with Gasteiger partial charge in [-0.05, 0) is 23.6 Å². The summed E-state index contributed by atoms with van der Waals surface area (Å²) in [6.45, 7) is 4.16. The maximum atomic E-state index is 12.5. The quantitative estimate of drug-likeness (QED) is 0.736. The van der Waals surface area contributed by atoms with Crippen molar-refractivity contribution < 1.29 is 8.78 Å². The predicted molar refractivity (Wildman–Crippen MR) is 60.8 cm³/mol. The first-order chi connectivity index (χ1) is 7.59. The van der Waals surface area contributed by atoms with Gasteiger partial charge in [-0.2, -0.15) is 0 Å². The van der Waals surface area contributed by atoms with Gasteiger partial charge in [-0.15, -0.1) is 0 Å². The lowest BCUT2D eigenvalue weighted by molar-refractivity contribution is 0.146. The second kappa shape index (κ2) is 4.16. The number of rotatable bonds is 2. The Bertz CT molecular complexity index is 506. The van der Waals surface area contributed by atoms with Gasteiger partial charge in [0, 0.05) is 5.39 Å². The predicted octanol–water partition coefficient (Wildman–Crippen LogP) is 4.30. The van der Waals surface area contributed by atoms with E-state index in [9.17, 15) is 8.78 Å². The number of pyridine rings is 1.